The van der Waals surface area contributed by atoms with Gasteiger partial charge in [-0.05, 0) is 12.1 Å². The Kier molecular flexibility index (Phi) is 5.07. The number of amides is 1. The molecule has 2 aromatic rings. The largest absolute Gasteiger partial charge is 0.444 e. The van der Waals surface area contributed by atoms with Gasteiger partial charge in [0.25, 0.3) is 5.91 Å². The summed E-state index contributed by atoms with van der Waals surface area (Å²) < 4.78 is 5.39. The Bertz CT molecular complexity index is 665. The van der Waals surface area contributed by atoms with Gasteiger partial charge in [0.1, 0.15) is 18.1 Å². The van der Waals surface area contributed by atoms with Crippen molar-refractivity contribution in [2.24, 2.45) is 0 Å². The fourth-order valence-corrected chi connectivity index (χ4v) is 1.58. The van der Waals surface area contributed by atoms with Gasteiger partial charge in [-0.25, -0.2) is 9.97 Å². The van der Waals surface area contributed by atoms with Crippen LogP contribution in [0.15, 0.2) is 28.9 Å². The molecular formula is C15H15N3O3. The van der Waals surface area contributed by atoms with E-state index >= 15 is 0 Å². The third-order valence-corrected chi connectivity index (χ3v) is 2.66. The average molecular weight is 285 g/mol. The Balaban J connectivity index is 1.93. The van der Waals surface area contributed by atoms with Gasteiger partial charge < -0.3 is 14.8 Å². The third kappa shape index (κ3) is 4.16. The lowest BCUT2D eigenvalue weighted by molar-refractivity contribution is 0.0942. The summed E-state index contributed by atoms with van der Waals surface area (Å²) in [4.78, 5) is 20.0. The Morgan fingerprint density at radius 2 is 2.24 bits per heavy atom. The predicted molar refractivity (Wildman–Crippen MR) is 75.3 cm³/mol. The molecule has 2 N–H and O–H groups in total. The number of carbonyl (C=O) groups is 1. The van der Waals surface area contributed by atoms with Gasteiger partial charge in [-0.3, -0.25) is 4.79 Å². The van der Waals surface area contributed by atoms with E-state index in [-0.39, 0.29) is 24.8 Å². The lowest BCUT2D eigenvalue weighted by Crippen LogP contribution is -2.23. The molecule has 2 heterocycles. The van der Waals surface area contributed by atoms with Crippen LogP contribution >= 0.6 is 0 Å². The summed E-state index contributed by atoms with van der Waals surface area (Å²) in [6.45, 7) is 1.97. The van der Waals surface area contributed by atoms with Gasteiger partial charge >= 0.3 is 0 Å². The Labute approximate surface area is 122 Å². The topological polar surface area (TPSA) is 88.2 Å². The Morgan fingerprint density at radius 3 is 2.86 bits per heavy atom. The summed E-state index contributed by atoms with van der Waals surface area (Å²) >= 11 is 0. The molecule has 0 bridgehead atoms. The molecule has 0 aromatic carbocycles. The molecule has 0 aliphatic carbocycles. The number of hydrogen-bond donors (Lipinski definition) is 2. The van der Waals surface area contributed by atoms with Crippen LogP contribution in [0.3, 0.4) is 0 Å². The second kappa shape index (κ2) is 7.22. The van der Waals surface area contributed by atoms with Crippen molar-refractivity contribution in [3.63, 3.8) is 0 Å². The van der Waals surface area contributed by atoms with Crippen LogP contribution in [0.1, 0.15) is 34.6 Å². The zero-order valence-corrected chi connectivity index (χ0v) is 11.6. The maximum absolute atomic E-state index is 11.9. The van der Waals surface area contributed by atoms with Crippen molar-refractivity contribution >= 4 is 5.91 Å². The van der Waals surface area contributed by atoms with E-state index in [1.54, 1.807) is 18.3 Å². The van der Waals surface area contributed by atoms with Gasteiger partial charge in [0, 0.05) is 18.2 Å². The zero-order chi connectivity index (χ0) is 15.1. The molecule has 0 aliphatic heterocycles. The van der Waals surface area contributed by atoms with Gasteiger partial charge in [0.2, 0.25) is 5.89 Å². The Morgan fingerprint density at radius 1 is 1.38 bits per heavy atom. The highest BCUT2D eigenvalue weighted by molar-refractivity contribution is 5.92. The normalized spacial score (nSPS) is 9.81. The van der Waals surface area contributed by atoms with Gasteiger partial charge in [0.15, 0.2) is 0 Å². The average Bonchev–Trinajstić information content (AvgIpc) is 2.99. The number of oxazole rings is 1. The number of aryl methyl sites for hydroxylation is 1. The lowest BCUT2D eigenvalue weighted by atomic mass is 10.2. The first-order valence-corrected chi connectivity index (χ1v) is 6.50. The summed E-state index contributed by atoms with van der Waals surface area (Å²) in [7, 11) is 0. The molecule has 2 rings (SSSR count). The van der Waals surface area contributed by atoms with E-state index in [2.05, 4.69) is 27.1 Å². The van der Waals surface area contributed by atoms with Crippen LogP contribution in [-0.4, -0.2) is 27.6 Å². The number of aliphatic hydroxyl groups excluding tert-OH is 1. The molecule has 0 atom stereocenters. The first-order chi connectivity index (χ1) is 10.2. The van der Waals surface area contributed by atoms with Crippen LogP contribution < -0.4 is 5.32 Å². The molecule has 0 saturated heterocycles. The van der Waals surface area contributed by atoms with Crippen molar-refractivity contribution < 1.29 is 14.3 Å². The van der Waals surface area contributed by atoms with Crippen LogP contribution in [-0.2, 0) is 13.0 Å². The fourth-order valence-electron chi connectivity index (χ4n) is 1.58. The summed E-state index contributed by atoms with van der Waals surface area (Å²) in [5, 5.41) is 11.3. The molecule has 1 amide bonds. The van der Waals surface area contributed by atoms with E-state index in [1.165, 1.54) is 6.20 Å². The van der Waals surface area contributed by atoms with Crippen molar-refractivity contribution in [3.8, 4) is 11.8 Å². The first kappa shape index (κ1) is 14.8. The van der Waals surface area contributed by atoms with E-state index in [4.69, 9.17) is 9.52 Å². The predicted octanol–water partition coefficient (Wildman–Crippen LogP) is 0.906. The molecule has 2 aromatic heterocycles. The number of carbonyl (C=O) groups excluding carboxylic acids is 1. The summed E-state index contributed by atoms with van der Waals surface area (Å²) in [5.74, 6) is 6.15. The van der Waals surface area contributed by atoms with Gasteiger partial charge in [-0.1, -0.05) is 18.8 Å². The van der Waals surface area contributed by atoms with Crippen LogP contribution in [0, 0.1) is 11.8 Å². The van der Waals surface area contributed by atoms with Gasteiger partial charge in [-0.15, -0.1) is 0 Å². The molecule has 0 spiro atoms. The second-order valence-corrected chi connectivity index (χ2v) is 4.15. The zero-order valence-electron chi connectivity index (χ0n) is 11.6. The number of pyridine rings is 1. The quantitative estimate of drug-likeness (QED) is 0.815. The molecule has 0 unspecified atom stereocenters. The molecule has 108 valence electrons. The number of aromatic nitrogens is 2. The minimum absolute atomic E-state index is 0.210. The van der Waals surface area contributed by atoms with E-state index < -0.39 is 0 Å². The molecule has 21 heavy (non-hydrogen) atoms. The van der Waals surface area contributed by atoms with E-state index in [1.807, 2.05) is 6.92 Å². The van der Waals surface area contributed by atoms with Gasteiger partial charge in [0.05, 0.1) is 12.7 Å². The number of aliphatic hydroxyl groups is 1. The van der Waals surface area contributed by atoms with Crippen molar-refractivity contribution in [1.82, 2.24) is 15.3 Å². The monoisotopic (exact) mass is 285 g/mol. The van der Waals surface area contributed by atoms with Gasteiger partial charge in [-0.2, -0.15) is 0 Å². The number of hydrogen-bond acceptors (Lipinski definition) is 5. The molecule has 0 fully saturated rings. The van der Waals surface area contributed by atoms with Crippen LogP contribution in [0.2, 0.25) is 0 Å². The minimum atomic E-state index is -0.312. The SMILES string of the molecule is CCc1cnc(CNC(=O)c2ccc(C#CCO)cn2)o1. The molecule has 6 nitrogen and oxygen atoms in total. The number of nitrogens with one attached hydrogen (secondary N) is 1. The number of nitrogens with zero attached hydrogens (tertiary/aromatic N) is 2. The Hall–Kier alpha value is -2.65. The maximum Gasteiger partial charge on any atom is 0.270 e. The third-order valence-electron chi connectivity index (χ3n) is 2.66. The smallest absolute Gasteiger partial charge is 0.270 e. The lowest BCUT2D eigenvalue weighted by Gasteiger charge is -2.02. The van der Waals surface area contributed by atoms with Crippen molar-refractivity contribution in [3.05, 3.63) is 47.4 Å². The highest BCUT2D eigenvalue weighted by atomic mass is 16.4. The molecular weight excluding hydrogens is 270 g/mol. The first-order valence-electron chi connectivity index (χ1n) is 6.50. The second-order valence-electron chi connectivity index (χ2n) is 4.15. The van der Waals surface area contributed by atoms with Crippen molar-refractivity contribution in [2.45, 2.75) is 19.9 Å². The standard InChI is InChI=1S/C15H15N3O3/c1-2-12-9-17-14(21-12)10-18-15(20)13-6-5-11(8-16-13)4-3-7-19/h5-6,8-9,19H,2,7,10H2,1H3,(H,18,20). The van der Waals surface area contributed by atoms with Crippen LogP contribution in [0.25, 0.3) is 0 Å². The number of rotatable bonds is 4. The van der Waals surface area contributed by atoms with E-state index in [0.29, 0.717) is 11.5 Å². The van der Waals surface area contributed by atoms with E-state index in [0.717, 1.165) is 12.2 Å². The highest BCUT2D eigenvalue weighted by Crippen LogP contribution is 2.04. The minimum Gasteiger partial charge on any atom is -0.444 e. The molecule has 0 radical (unpaired) electrons. The molecule has 0 aliphatic rings. The fraction of sp³-hybridized carbons (Fsp3) is 0.267. The summed E-state index contributed by atoms with van der Waals surface area (Å²) in [6.07, 6.45) is 3.89. The summed E-state index contributed by atoms with van der Waals surface area (Å²) in [5.41, 5.74) is 0.924. The highest BCUT2D eigenvalue weighted by Gasteiger charge is 2.09. The van der Waals surface area contributed by atoms with Crippen LogP contribution in [0.5, 0.6) is 0 Å². The molecule has 6 heteroatoms. The van der Waals surface area contributed by atoms with E-state index in [9.17, 15) is 4.79 Å². The molecule has 0 saturated carbocycles. The maximum atomic E-state index is 11.9. The van der Waals surface area contributed by atoms with Crippen LogP contribution in [0.4, 0.5) is 0 Å². The van der Waals surface area contributed by atoms with Crippen molar-refractivity contribution in [2.75, 3.05) is 6.61 Å². The van der Waals surface area contributed by atoms with Crippen molar-refractivity contribution in [1.29, 1.82) is 0 Å². The summed E-state index contributed by atoms with van der Waals surface area (Å²) in [6, 6.07) is 3.24.